The first-order valence-corrected chi connectivity index (χ1v) is 18.6. The molecule has 57 heavy (non-hydrogen) atoms. The third-order valence-corrected chi connectivity index (χ3v) is 8.60. The summed E-state index contributed by atoms with van der Waals surface area (Å²) < 4.78 is 11.1. The van der Waals surface area contributed by atoms with Crippen molar-refractivity contribution in [2.24, 2.45) is 0 Å². The van der Waals surface area contributed by atoms with Crippen LogP contribution in [0.5, 0.6) is 23.0 Å². The predicted molar refractivity (Wildman–Crippen MR) is 223 cm³/mol. The minimum atomic E-state index is 0.0650. The second-order valence-corrected chi connectivity index (χ2v) is 12.7. The van der Waals surface area contributed by atoms with Crippen LogP contribution in [-0.2, 0) is 0 Å². The third-order valence-electron chi connectivity index (χ3n) is 8.60. The van der Waals surface area contributed by atoms with Gasteiger partial charge in [-0.3, -0.25) is 0 Å². The molecule has 6 aromatic carbocycles. The Kier molecular flexibility index (Phi) is 12.1. The van der Waals surface area contributed by atoms with Gasteiger partial charge < -0.3 is 19.7 Å². The van der Waals surface area contributed by atoms with Crippen LogP contribution < -0.4 is 9.47 Å². The fourth-order valence-electron chi connectivity index (χ4n) is 5.83. The van der Waals surface area contributed by atoms with Gasteiger partial charge in [0.1, 0.15) is 23.0 Å². The lowest BCUT2D eigenvalue weighted by atomic mass is 10.1. The highest BCUT2D eigenvalue weighted by atomic mass is 16.5. The number of rotatable bonds is 11. The Hall–Kier alpha value is -7.46. The zero-order valence-electron chi connectivity index (χ0n) is 31.5. The predicted octanol–water partition coefficient (Wildman–Crippen LogP) is 10.3. The van der Waals surface area contributed by atoms with E-state index in [1.54, 1.807) is 30.3 Å². The van der Waals surface area contributed by atoms with Crippen LogP contribution in [0.15, 0.2) is 158 Å². The lowest BCUT2D eigenvalue weighted by molar-refractivity contribution is 0.315. The Morgan fingerprint density at radius 3 is 1.00 bits per heavy atom. The number of benzene rings is 6. The minimum Gasteiger partial charge on any atom is -0.507 e. The van der Waals surface area contributed by atoms with Crippen molar-refractivity contribution in [2.75, 3.05) is 13.2 Å². The normalized spacial score (nSPS) is 10.6. The summed E-state index contributed by atoms with van der Waals surface area (Å²) in [7, 11) is 0. The van der Waals surface area contributed by atoms with Crippen molar-refractivity contribution in [1.29, 1.82) is 0 Å². The number of phenolic OH excluding ortho intramolecular Hbond substituents is 2. The van der Waals surface area contributed by atoms with E-state index in [2.05, 4.69) is 29.9 Å². The van der Waals surface area contributed by atoms with Crippen molar-refractivity contribution in [1.82, 2.24) is 29.9 Å². The summed E-state index contributed by atoms with van der Waals surface area (Å²) in [6, 6.07) is 49.3. The van der Waals surface area contributed by atoms with Crippen LogP contribution in [0.2, 0.25) is 0 Å². The Balaban J connectivity index is 0.000000174. The summed E-state index contributed by atoms with van der Waals surface area (Å²) in [4.78, 5) is 27.8. The highest BCUT2D eigenvalue weighted by Gasteiger charge is 2.17. The molecule has 0 aliphatic heterocycles. The zero-order valence-corrected chi connectivity index (χ0v) is 31.5. The van der Waals surface area contributed by atoms with Crippen molar-refractivity contribution >= 4 is 0 Å². The van der Waals surface area contributed by atoms with Crippen LogP contribution in [-0.4, -0.2) is 53.3 Å². The summed E-state index contributed by atoms with van der Waals surface area (Å²) in [5, 5.41) is 21.1. The fraction of sp³-hybridized carbons (Fsp3) is 0.106. The molecule has 0 unspecified atom stereocenters. The molecule has 0 saturated heterocycles. The van der Waals surface area contributed by atoms with Crippen molar-refractivity contribution in [3.63, 3.8) is 0 Å². The zero-order chi connectivity index (χ0) is 39.4. The number of nitrogens with zero attached hydrogens (tertiary/aromatic N) is 6. The van der Waals surface area contributed by atoms with E-state index < -0.39 is 0 Å². The van der Waals surface area contributed by atoms with Gasteiger partial charge in [0, 0.05) is 34.4 Å². The van der Waals surface area contributed by atoms with E-state index in [9.17, 15) is 10.2 Å². The van der Waals surface area contributed by atoms with Gasteiger partial charge in [-0.25, -0.2) is 29.9 Å². The Morgan fingerprint density at radius 1 is 0.386 bits per heavy atom. The molecule has 282 valence electrons. The first-order valence-electron chi connectivity index (χ1n) is 18.6. The van der Waals surface area contributed by atoms with Gasteiger partial charge in [-0.05, 0) is 37.6 Å². The quantitative estimate of drug-likeness (QED) is 0.131. The molecule has 2 heterocycles. The molecule has 0 spiro atoms. The molecule has 0 bridgehead atoms. The molecule has 8 rings (SSSR count). The molecule has 0 saturated carbocycles. The van der Waals surface area contributed by atoms with Gasteiger partial charge in [-0.15, -0.1) is 0 Å². The summed E-state index contributed by atoms with van der Waals surface area (Å²) >= 11 is 0. The summed E-state index contributed by atoms with van der Waals surface area (Å²) in [5.41, 5.74) is 4.60. The summed E-state index contributed by atoms with van der Waals surface area (Å²) in [6.45, 7) is 5.06. The largest absolute Gasteiger partial charge is 0.507 e. The summed E-state index contributed by atoms with van der Waals surface area (Å²) in [5.74, 6) is 4.40. The van der Waals surface area contributed by atoms with Gasteiger partial charge in [0.2, 0.25) is 0 Å². The number of hydrogen-bond donors (Lipinski definition) is 2. The van der Waals surface area contributed by atoms with Crippen molar-refractivity contribution in [3.8, 4) is 91.3 Å². The first kappa shape index (κ1) is 37.8. The van der Waals surface area contributed by atoms with Gasteiger partial charge in [0.05, 0.1) is 24.3 Å². The number of hydrogen-bond acceptors (Lipinski definition) is 10. The van der Waals surface area contributed by atoms with Gasteiger partial charge in [-0.1, -0.05) is 128 Å². The smallest absolute Gasteiger partial charge is 0.167 e. The van der Waals surface area contributed by atoms with Crippen LogP contribution in [0.4, 0.5) is 0 Å². The Bertz CT molecular complexity index is 2430. The SMILES string of the molecule is CCCOc1ccc(-c2nc(-c3ccccc3)nc(-c3ccccc3)n2)c(O)c1.CCOc1ccc(-c2nc(-c3ccccc3)nc(-c3ccccc3)n2)c(O)c1. The van der Waals surface area contributed by atoms with Crippen LogP contribution >= 0.6 is 0 Å². The molecule has 0 amide bonds. The van der Waals surface area contributed by atoms with Gasteiger partial charge in [0.25, 0.3) is 0 Å². The van der Waals surface area contributed by atoms with Crippen LogP contribution in [0.25, 0.3) is 68.3 Å². The van der Waals surface area contributed by atoms with E-state index in [-0.39, 0.29) is 11.5 Å². The molecule has 0 atom stereocenters. The topological polar surface area (TPSA) is 136 Å². The Morgan fingerprint density at radius 2 is 0.702 bits per heavy atom. The number of aromatic hydroxyl groups is 2. The average Bonchev–Trinajstić information content (AvgIpc) is 3.27. The number of ether oxygens (including phenoxy) is 2. The molecule has 2 aromatic heterocycles. The lowest BCUT2D eigenvalue weighted by Gasteiger charge is -2.10. The second kappa shape index (κ2) is 18.2. The van der Waals surface area contributed by atoms with Crippen molar-refractivity contribution in [3.05, 3.63) is 158 Å². The monoisotopic (exact) mass is 752 g/mol. The maximum atomic E-state index is 10.6. The summed E-state index contributed by atoms with van der Waals surface area (Å²) in [6.07, 6.45) is 0.900. The van der Waals surface area contributed by atoms with Crippen LogP contribution in [0.1, 0.15) is 20.3 Å². The number of phenols is 2. The molecule has 0 radical (unpaired) electrons. The lowest BCUT2D eigenvalue weighted by Crippen LogP contribution is -2.00. The highest BCUT2D eigenvalue weighted by molar-refractivity contribution is 5.72. The van der Waals surface area contributed by atoms with Crippen molar-refractivity contribution in [2.45, 2.75) is 20.3 Å². The van der Waals surface area contributed by atoms with E-state index in [0.717, 1.165) is 28.7 Å². The third kappa shape index (κ3) is 9.44. The van der Waals surface area contributed by atoms with Crippen LogP contribution in [0.3, 0.4) is 0 Å². The number of aromatic nitrogens is 6. The van der Waals surface area contributed by atoms with E-state index in [4.69, 9.17) is 9.47 Å². The van der Waals surface area contributed by atoms with Gasteiger partial charge >= 0.3 is 0 Å². The fourth-order valence-corrected chi connectivity index (χ4v) is 5.83. The molecule has 0 fully saturated rings. The van der Waals surface area contributed by atoms with E-state index in [0.29, 0.717) is 70.8 Å². The molecule has 2 N–H and O–H groups in total. The molecule has 8 aromatic rings. The van der Waals surface area contributed by atoms with Crippen LogP contribution in [0, 0.1) is 0 Å². The van der Waals surface area contributed by atoms with E-state index in [1.807, 2.05) is 141 Å². The average molecular weight is 753 g/mol. The Labute approximate surface area is 331 Å². The minimum absolute atomic E-state index is 0.0650. The maximum Gasteiger partial charge on any atom is 0.167 e. The molecular formula is C47H40N6O4. The molecular weight excluding hydrogens is 713 g/mol. The maximum absolute atomic E-state index is 10.6. The van der Waals surface area contributed by atoms with E-state index in [1.165, 1.54) is 0 Å². The van der Waals surface area contributed by atoms with Gasteiger partial charge in [0.15, 0.2) is 34.9 Å². The first-order chi connectivity index (χ1) is 28.0. The molecule has 0 aliphatic rings. The molecule has 10 heteroatoms. The standard InChI is InChI=1S/C24H21N3O2.C23H19N3O2/c1-2-15-29-19-13-14-20(21(28)16-19)24-26-22(17-9-5-3-6-10-17)25-23(27-24)18-11-7-4-8-12-18;1-2-28-18-13-14-19(20(27)15-18)23-25-21(16-9-5-3-6-10-16)24-22(26-23)17-11-7-4-8-12-17/h3-14,16,28H,2,15H2,1H3;3-15,27H,2H2,1H3. The second-order valence-electron chi connectivity index (χ2n) is 12.7. The van der Waals surface area contributed by atoms with Crippen molar-refractivity contribution < 1.29 is 19.7 Å². The molecule has 10 nitrogen and oxygen atoms in total. The van der Waals surface area contributed by atoms with Gasteiger partial charge in [-0.2, -0.15) is 0 Å². The highest BCUT2D eigenvalue weighted by Crippen LogP contribution is 2.34. The molecule has 0 aliphatic carbocycles. The van der Waals surface area contributed by atoms with E-state index >= 15 is 0 Å².